The highest BCUT2D eigenvalue weighted by Crippen LogP contribution is 2.27. The van der Waals surface area contributed by atoms with Crippen LogP contribution < -0.4 is 25.0 Å². The molecule has 8 heteroatoms. The van der Waals surface area contributed by atoms with E-state index in [1.807, 2.05) is 18.2 Å². The van der Waals surface area contributed by atoms with Crippen molar-refractivity contribution in [3.8, 4) is 17.2 Å². The number of hydrogen-bond acceptors (Lipinski definition) is 7. The smallest absolute Gasteiger partial charge is 0.308 e. The zero-order chi connectivity index (χ0) is 19.6. The lowest BCUT2D eigenvalue weighted by molar-refractivity contribution is -0.132. The largest absolute Gasteiger partial charge is 0.495 e. The first-order valence-electron chi connectivity index (χ1n) is 8.08. The Kier molecular flexibility index (Phi) is 7.18. The molecule has 0 aliphatic rings. The minimum absolute atomic E-state index is 0.0342. The van der Waals surface area contributed by atoms with Crippen molar-refractivity contribution in [2.75, 3.05) is 26.1 Å². The first-order valence-corrected chi connectivity index (χ1v) is 8.08. The van der Waals surface area contributed by atoms with Crippen LogP contribution in [0, 0.1) is 0 Å². The topological polar surface area (TPSA) is 98.3 Å². The number of hydrogen-bond donors (Lipinski definition) is 2. The van der Waals surface area contributed by atoms with Crippen LogP contribution in [0.1, 0.15) is 12.5 Å². The van der Waals surface area contributed by atoms with Gasteiger partial charge in [0.15, 0.2) is 11.5 Å². The lowest BCUT2D eigenvalue weighted by atomic mass is 10.2. The maximum atomic E-state index is 11.9. The Bertz CT molecular complexity index is 836. The van der Waals surface area contributed by atoms with Gasteiger partial charge in [-0.2, -0.15) is 5.10 Å². The van der Waals surface area contributed by atoms with E-state index in [-0.39, 0.29) is 12.5 Å². The molecule has 2 aromatic carbocycles. The normalized spacial score (nSPS) is 10.3. The third kappa shape index (κ3) is 6.03. The number of rotatable bonds is 8. The van der Waals surface area contributed by atoms with Gasteiger partial charge in [-0.15, -0.1) is 0 Å². The quantitative estimate of drug-likeness (QED) is 0.319. The average Bonchev–Trinajstić information content (AvgIpc) is 2.67. The zero-order valence-electron chi connectivity index (χ0n) is 15.3. The molecule has 0 aromatic heterocycles. The number of carbonyl (C=O) groups is 2. The molecule has 0 radical (unpaired) electrons. The van der Waals surface area contributed by atoms with Gasteiger partial charge in [0, 0.05) is 6.92 Å². The van der Waals surface area contributed by atoms with E-state index in [0.29, 0.717) is 28.5 Å². The molecule has 27 heavy (non-hydrogen) atoms. The average molecular weight is 371 g/mol. The monoisotopic (exact) mass is 371 g/mol. The molecule has 0 bridgehead atoms. The van der Waals surface area contributed by atoms with Gasteiger partial charge in [-0.25, -0.2) is 5.43 Å². The molecule has 8 nitrogen and oxygen atoms in total. The second kappa shape index (κ2) is 9.81. The van der Waals surface area contributed by atoms with Crippen LogP contribution in [0.5, 0.6) is 17.2 Å². The molecule has 2 aromatic rings. The summed E-state index contributed by atoms with van der Waals surface area (Å²) in [6.07, 6.45) is 1.46. The Morgan fingerprint density at radius 3 is 2.48 bits per heavy atom. The number of esters is 1. The predicted molar refractivity (Wildman–Crippen MR) is 102 cm³/mol. The first kappa shape index (κ1) is 19.8. The van der Waals surface area contributed by atoms with E-state index in [2.05, 4.69) is 15.8 Å². The van der Waals surface area contributed by atoms with Crippen molar-refractivity contribution in [2.45, 2.75) is 6.92 Å². The van der Waals surface area contributed by atoms with E-state index < -0.39 is 5.97 Å². The zero-order valence-corrected chi connectivity index (χ0v) is 15.3. The van der Waals surface area contributed by atoms with Crippen molar-refractivity contribution < 1.29 is 23.8 Å². The first-order chi connectivity index (χ1) is 13.0. The highest BCUT2D eigenvalue weighted by molar-refractivity contribution is 5.85. The molecule has 0 spiro atoms. The molecular formula is C19H21N3O5. The number of amides is 1. The summed E-state index contributed by atoms with van der Waals surface area (Å²) in [5, 5.41) is 6.88. The molecule has 2 N–H and O–H groups in total. The number of ether oxygens (including phenoxy) is 3. The van der Waals surface area contributed by atoms with E-state index in [1.165, 1.54) is 20.2 Å². The highest BCUT2D eigenvalue weighted by atomic mass is 16.6. The number of benzene rings is 2. The van der Waals surface area contributed by atoms with Crippen LogP contribution in [0.25, 0.3) is 0 Å². The van der Waals surface area contributed by atoms with E-state index in [4.69, 9.17) is 14.2 Å². The minimum atomic E-state index is -0.440. The molecule has 0 saturated heterocycles. The molecule has 2 rings (SSSR count). The van der Waals surface area contributed by atoms with Crippen LogP contribution in [-0.2, 0) is 9.59 Å². The molecule has 0 saturated carbocycles. The van der Waals surface area contributed by atoms with E-state index in [0.717, 1.165) is 0 Å². The van der Waals surface area contributed by atoms with Gasteiger partial charge < -0.3 is 19.5 Å². The minimum Gasteiger partial charge on any atom is -0.495 e. The van der Waals surface area contributed by atoms with E-state index in [1.54, 1.807) is 31.4 Å². The number of anilines is 1. The van der Waals surface area contributed by atoms with Gasteiger partial charge in [-0.05, 0) is 35.9 Å². The van der Waals surface area contributed by atoms with Gasteiger partial charge in [0.2, 0.25) is 0 Å². The standard InChI is InChI=1S/C19H21N3O5/c1-13(23)27-17-9-8-14(10-18(17)26-3)11-21-22-19(24)12-20-15-6-4-5-7-16(15)25-2/h4-11,20H,12H2,1-3H3,(H,22,24). The Balaban J connectivity index is 1.90. The number of hydrazone groups is 1. The fraction of sp³-hybridized carbons (Fsp3) is 0.211. The number of carbonyl (C=O) groups excluding carboxylic acids is 2. The van der Waals surface area contributed by atoms with Gasteiger partial charge >= 0.3 is 5.97 Å². The molecule has 0 aliphatic heterocycles. The summed E-state index contributed by atoms with van der Waals surface area (Å²) in [6, 6.07) is 12.2. The molecule has 0 atom stereocenters. The third-order valence-corrected chi connectivity index (χ3v) is 3.39. The van der Waals surface area contributed by atoms with Crippen LogP contribution in [0.4, 0.5) is 5.69 Å². The van der Waals surface area contributed by atoms with Crippen molar-refractivity contribution in [1.82, 2.24) is 5.43 Å². The predicted octanol–water partition coefficient (Wildman–Crippen LogP) is 2.19. The SMILES string of the molecule is COc1ccccc1NCC(=O)NN=Cc1ccc(OC(C)=O)c(OC)c1. The number of para-hydroxylation sites is 2. The van der Waals surface area contributed by atoms with E-state index >= 15 is 0 Å². The molecule has 0 heterocycles. The molecular weight excluding hydrogens is 350 g/mol. The third-order valence-electron chi connectivity index (χ3n) is 3.39. The van der Waals surface area contributed by atoms with Crippen molar-refractivity contribution in [3.63, 3.8) is 0 Å². The summed E-state index contributed by atoms with van der Waals surface area (Å²) in [5.74, 6) is 0.587. The summed E-state index contributed by atoms with van der Waals surface area (Å²) in [7, 11) is 3.03. The van der Waals surface area contributed by atoms with Gasteiger partial charge in [0.25, 0.3) is 5.91 Å². The van der Waals surface area contributed by atoms with Crippen LogP contribution in [0.3, 0.4) is 0 Å². The summed E-state index contributed by atoms with van der Waals surface area (Å²) < 4.78 is 15.4. The van der Waals surface area contributed by atoms with Crippen LogP contribution >= 0.6 is 0 Å². The van der Waals surface area contributed by atoms with Gasteiger partial charge in [0.05, 0.1) is 32.7 Å². The van der Waals surface area contributed by atoms with Crippen molar-refractivity contribution >= 4 is 23.8 Å². The Labute approximate surface area is 157 Å². The molecule has 142 valence electrons. The van der Waals surface area contributed by atoms with Gasteiger partial charge in [-0.1, -0.05) is 12.1 Å². The van der Waals surface area contributed by atoms with E-state index in [9.17, 15) is 9.59 Å². The second-order valence-corrected chi connectivity index (χ2v) is 5.35. The van der Waals surface area contributed by atoms with Crippen molar-refractivity contribution in [1.29, 1.82) is 0 Å². The Morgan fingerprint density at radius 1 is 1.04 bits per heavy atom. The molecule has 0 aliphatic carbocycles. The highest BCUT2D eigenvalue weighted by Gasteiger charge is 2.07. The molecule has 0 fully saturated rings. The molecule has 0 unspecified atom stereocenters. The number of nitrogens with one attached hydrogen (secondary N) is 2. The molecule has 1 amide bonds. The number of methoxy groups -OCH3 is 2. The summed E-state index contributed by atoms with van der Waals surface area (Å²) in [6.45, 7) is 1.34. The summed E-state index contributed by atoms with van der Waals surface area (Å²) in [5.41, 5.74) is 3.80. The fourth-order valence-corrected chi connectivity index (χ4v) is 2.19. The van der Waals surface area contributed by atoms with Gasteiger partial charge in [0.1, 0.15) is 5.75 Å². The Morgan fingerprint density at radius 2 is 1.78 bits per heavy atom. The van der Waals surface area contributed by atoms with Gasteiger partial charge in [-0.3, -0.25) is 9.59 Å². The maximum Gasteiger partial charge on any atom is 0.308 e. The lowest BCUT2D eigenvalue weighted by Gasteiger charge is -2.10. The van der Waals surface area contributed by atoms with Crippen LogP contribution in [0.2, 0.25) is 0 Å². The second-order valence-electron chi connectivity index (χ2n) is 5.35. The maximum absolute atomic E-state index is 11.9. The summed E-state index contributed by atoms with van der Waals surface area (Å²) >= 11 is 0. The Hall–Kier alpha value is -3.55. The van der Waals surface area contributed by atoms with Crippen molar-refractivity contribution in [2.24, 2.45) is 5.10 Å². The fourth-order valence-electron chi connectivity index (χ4n) is 2.19. The van der Waals surface area contributed by atoms with Crippen molar-refractivity contribution in [3.05, 3.63) is 48.0 Å². The summed E-state index contributed by atoms with van der Waals surface area (Å²) in [4.78, 5) is 22.9. The number of nitrogens with zero attached hydrogens (tertiary/aromatic N) is 1. The van der Waals surface area contributed by atoms with Crippen LogP contribution in [0.15, 0.2) is 47.6 Å². The lowest BCUT2D eigenvalue weighted by Crippen LogP contribution is -2.26. The van der Waals surface area contributed by atoms with Crippen LogP contribution in [-0.4, -0.2) is 38.9 Å².